The Morgan fingerprint density at radius 2 is 1.80 bits per heavy atom. The van der Waals surface area contributed by atoms with E-state index in [9.17, 15) is 4.79 Å². The summed E-state index contributed by atoms with van der Waals surface area (Å²) >= 11 is 1.99. The second kappa shape index (κ2) is 6.55. The Labute approximate surface area is 129 Å². The lowest BCUT2D eigenvalue weighted by Crippen LogP contribution is -2.46. The first-order valence-electron chi connectivity index (χ1n) is 7.62. The number of hydrogen-bond donors (Lipinski definition) is 1. The molecule has 0 aromatic heterocycles. The highest BCUT2D eigenvalue weighted by atomic mass is 32.2. The van der Waals surface area contributed by atoms with Crippen molar-refractivity contribution in [2.75, 3.05) is 5.75 Å². The van der Waals surface area contributed by atoms with Gasteiger partial charge in [0.25, 0.3) is 0 Å². The summed E-state index contributed by atoms with van der Waals surface area (Å²) in [5.41, 5.74) is -0.145. The zero-order chi connectivity index (χ0) is 15.6. The number of thioether (sulfide) groups is 1. The summed E-state index contributed by atoms with van der Waals surface area (Å²) in [6.07, 6.45) is 5.51. The summed E-state index contributed by atoms with van der Waals surface area (Å²) in [7, 11) is 0. The van der Waals surface area contributed by atoms with Crippen molar-refractivity contribution in [3.8, 4) is 0 Å². The largest absolute Gasteiger partial charge is 0.351 e. The zero-order valence-corrected chi connectivity index (χ0v) is 14.9. The summed E-state index contributed by atoms with van der Waals surface area (Å²) in [6.45, 7) is 15.0. The van der Waals surface area contributed by atoms with Gasteiger partial charge in [-0.15, -0.1) is 0 Å². The van der Waals surface area contributed by atoms with Crippen molar-refractivity contribution in [3.63, 3.8) is 0 Å². The third-order valence-electron chi connectivity index (χ3n) is 3.44. The molecule has 0 saturated heterocycles. The quantitative estimate of drug-likeness (QED) is 0.789. The molecule has 0 aromatic rings. The molecule has 1 aliphatic carbocycles. The van der Waals surface area contributed by atoms with Crippen molar-refractivity contribution in [2.45, 2.75) is 65.2 Å². The van der Waals surface area contributed by atoms with Crippen LogP contribution in [0.4, 0.5) is 0 Å². The normalized spacial score (nSPS) is 27.4. The molecule has 0 aliphatic heterocycles. The molecule has 0 saturated carbocycles. The second-order valence-corrected chi connectivity index (χ2v) is 9.86. The lowest BCUT2D eigenvalue weighted by atomic mass is 9.79. The molecule has 0 heterocycles. The van der Waals surface area contributed by atoms with Crippen LogP contribution < -0.4 is 5.32 Å². The van der Waals surface area contributed by atoms with Gasteiger partial charge in [-0.25, -0.2) is 0 Å². The number of allylic oxidation sites excluding steroid dienone is 2. The van der Waals surface area contributed by atoms with E-state index in [1.54, 1.807) is 0 Å². The van der Waals surface area contributed by atoms with Gasteiger partial charge in [0.15, 0.2) is 0 Å². The summed E-state index contributed by atoms with van der Waals surface area (Å²) in [5.74, 6) is 2.29. The standard InChI is InChI=1S/C17H31NOS/c1-12-8-9-13(11-20-17(5,6)7)10-14(12)15(19)18-16(2,3)4/h8-9,12-14H,10-11H2,1-7H3,(H,18,19). The molecule has 2 nitrogen and oxygen atoms in total. The first kappa shape index (κ1) is 17.6. The van der Waals surface area contributed by atoms with Crippen LogP contribution in [0.2, 0.25) is 0 Å². The van der Waals surface area contributed by atoms with E-state index in [2.05, 4.69) is 45.2 Å². The van der Waals surface area contributed by atoms with Crippen molar-refractivity contribution in [1.82, 2.24) is 5.32 Å². The van der Waals surface area contributed by atoms with Gasteiger partial charge in [0.1, 0.15) is 0 Å². The van der Waals surface area contributed by atoms with Crippen molar-refractivity contribution in [2.24, 2.45) is 17.8 Å². The number of carbonyl (C=O) groups excluding carboxylic acids is 1. The third-order valence-corrected chi connectivity index (χ3v) is 4.90. The Morgan fingerprint density at radius 3 is 2.30 bits per heavy atom. The molecule has 0 aromatic carbocycles. The highest BCUT2D eigenvalue weighted by Gasteiger charge is 2.31. The molecule has 1 N–H and O–H groups in total. The monoisotopic (exact) mass is 297 g/mol. The first-order chi connectivity index (χ1) is 8.98. The number of carbonyl (C=O) groups is 1. The van der Waals surface area contributed by atoms with Crippen LogP contribution in [0.3, 0.4) is 0 Å². The Hall–Kier alpha value is -0.440. The molecule has 0 radical (unpaired) electrons. The molecule has 0 fully saturated rings. The zero-order valence-electron chi connectivity index (χ0n) is 14.1. The predicted octanol–water partition coefficient (Wildman–Crippen LogP) is 4.26. The van der Waals surface area contributed by atoms with Crippen LogP contribution in [-0.4, -0.2) is 21.9 Å². The average Bonchev–Trinajstić information content (AvgIpc) is 2.24. The summed E-state index contributed by atoms with van der Waals surface area (Å²) in [4.78, 5) is 12.4. The first-order valence-corrected chi connectivity index (χ1v) is 8.61. The molecule has 0 spiro atoms. The minimum absolute atomic E-state index is 0.116. The van der Waals surface area contributed by atoms with E-state index < -0.39 is 0 Å². The molecular weight excluding hydrogens is 266 g/mol. The topological polar surface area (TPSA) is 29.1 Å². The van der Waals surface area contributed by atoms with Gasteiger partial charge < -0.3 is 5.32 Å². The smallest absolute Gasteiger partial charge is 0.224 e. The summed E-state index contributed by atoms with van der Waals surface area (Å²) in [6, 6.07) is 0. The number of rotatable bonds is 3. The Kier molecular flexibility index (Phi) is 5.77. The van der Waals surface area contributed by atoms with Gasteiger partial charge in [0.05, 0.1) is 0 Å². The van der Waals surface area contributed by atoms with Gasteiger partial charge in [0.2, 0.25) is 5.91 Å². The molecule has 3 unspecified atom stereocenters. The average molecular weight is 298 g/mol. The van der Waals surface area contributed by atoms with Gasteiger partial charge in [-0.1, -0.05) is 39.8 Å². The third kappa shape index (κ3) is 6.34. The van der Waals surface area contributed by atoms with Crippen molar-refractivity contribution >= 4 is 17.7 Å². The molecule has 3 atom stereocenters. The molecular formula is C17H31NOS. The maximum atomic E-state index is 12.4. The molecule has 116 valence electrons. The fraction of sp³-hybridized carbons (Fsp3) is 0.824. The minimum atomic E-state index is -0.145. The molecule has 3 heteroatoms. The van der Waals surface area contributed by atoms with Crippen LogP contribution in [0.5, 0.6) is 0 Å². The second-order valence-electron chi connectivity index (χ2n) is 8.01. The maximum Gasteiger partial charge on any atom is 0.224 e. The highest BCUT2D eigenvalue weighted by Crippen LogP contribution is 2.34. The van der Waals surface area contributed by atoms with Crippen molar-refractivity contribution in [3.05, 3.63) is 12.2 Å². The highest BCUT2D eigenvalue weighted by molar-refractivity contribution is 8.00. The fourth-order valence-corrected chi connectivity index (χ4v) is 3.34. The minimum Gasteiger partial charge on any atom is -0.351 e. The van der Waals surface area contributed by atoms with Crippen LogP contribution in [-0.2, 0) is 4.79 Å². The van der Waals surface area contributed by atoms with E-state index in [4.69, 9.17) is 0 Å². The maximum absolute atomic E-state index is 12.4. The lowest BCUT2D eigenvalue weighted by Gasteiger charge is -2.32. The van der Waals surface area contributed by atoms with Crippen LogP contribution in [0, 0.1) is 17.8 Å². The molecule has 0 bridgehead atoms. The predicted molar refractivity (Wildman–Crippen MR) is 90.0 cm³/mol. The van der Waals surface area contributed by atoms with E-state index in [1.165, 1.54) is 0 Å². The Morgan fingerprint density at radius 1 is 1.20 bits per heavy atom. The van der Waals surface area contributed by atoms with Gasteiger partial charge in [-0.3, -0.25) is 4.79 Å². The number of amides is 1. The van der Waals surface area contributed by atoms with Gasteiger partial charge in [-0.2, -0.15) is 11.8 Å². The van der Waals surface area contributed by atoms with Crippen LogP contribution in [0.15, 0.2) is 12.2 Å². The Balaban J connectivity index is 2.61. The summed E-state index contributed by atoms with van der Waals surface area (Å²) in [5, 5.41) is 3.13. The van der Waals surface area contributed by atoms with Gasteiger partial charge >= 0.3 is 0 Å². The van der Waals surface area contributed by atoms with E-state index in [0.29, 0.717) is 16.6 Å². The SMILES string of the molecule is CC1C=CC(CSC(C)(C)C)CC1C(=O)NC(C)(C)C. The van der Waals surface area contributed by atoms with E-state index in [1.807, 2.05) is 32.5 Å². The van der Waals surface area contributed by atoms with Crippen molar-refractivity contribution < 1.29 is 4.79 Å². The molecule has 1 aliphatic rings. The van der Waals surface area contributed by atoms with E-state index in [-0.39, 0.29) is 17.4 Å². The lowest BCUT2D eigenvalue weighted by molar-refractivity contribution is -0.128. The Bertz CT molecular complexity index is 362. The van der Waals surface area contributed by atoms with Crippen LogP contribution in [0.1, 0.15) is 54.9 Å². The van der Waals surface area contributed by atoms with Crippen molar-refractivity contribution in [1.29, 1.82) is 0 Å². The van der Waals surface area contributed by atoms with Gasteiger partial charge in [0, 0.05) is 22.0 Å². The molecule has 1 amide bonds. The molecule has 20 heavy (non-hydrogen) atoms. The molecule has 1 rings (SSSR count). The van der Waals surface area contributed by atoms with Crippen LogP contribution in [0.25, 0.3) is 0 Å². The summed E-state index contributed by atoms with van der Waals surface area (Å²) < 4.78 is 0.292. The van der Waals surface area contributed by atoms with E-state index >= 15 is 0 Å². The fourth-order valence-electron chi connectivity index (χ4n) is 2.37. The van der Waals surface area contributed by atoms with Gasteiger partial charge in [-0.05, 0) is 39.0 Å². The van der Waals surface area contributed by atoms with E-state index in [0.717, 1.165) is 12.2 Å². The number of hydrogen-bond acceptors (Lipinski definition) is 2. The van der Waals surface area contributed by atoms with Crippen LogP contribution >= 0.6 is 11.8 Å². The number of nitrogens with one attached hydrogen (secondary N) is 1.